The van der Waals surface area contributed by atoms with Crippen molar-refractivity contribution in [3.8, 4) is 11.5 Å². The highest BCUT2D eigenvalue weighted by atomic mass is 16.5. The van der Waals surface area contributed by atoms with Crippen LogP contribution in [0.2, 0.25) is 0 Å². The molecule has 2 aliphatic rings. The van der Waals surface area contributed by atoms with Crippen molar-refractivity contribution in [2.75, 3.05) is 20.3 Å². The number of phenols is 1. The predicted molar refractivity (Wildman–Crippen MR) is 88.4 cm³/mol. The molecule has 1 saturated heterocycles. The molecule has 0 aromatic heterocycles. The van der Waals surface area contributed by atoms with E-state index in [4.69, 9.17) is 9.47 Å². The number of aliphatic hydroxyl groups is 1. The van der Waals surface area contributed by atoms with Crippen molar-refractivity contribution < 1.29 is 29.3 Å². The van der Waals surface area contributed by atoms with Gasteiger partial charge < -0.3 is 24.6 Å². The first-order valence-electron chi connectivity index (χ1n) is 8.17. The van der Waals surface area contributed by atoms with Crippen LogP contribution in [0.1, 0.15) is 31.4 Å². The Morgan fingerprint density at radius 1 is 1.40 bits per heavy atom. The van der Waals surface area contributed by atoms with E-state index in [0.29, 0.717) is 12.2 Å². The molecule has 1 aromatic rings. The molecule has 1 aromatic carbocycles. The molecule has 1 fully saturated rings. The molecule has 2 N–H and O–H groups in total. The van der Waals surface area contributed by atoms with E-state index in [-0.39, 0.29) is 35.5 Å². The monoisotopic (exact) mass is 347 g/mol. The first-order chi connectivity index (χ1) is 11.9. The number of amides is 1. The minimum Gasteiger partial charge on any atom is -0.504 e. The van der Waals surface area contributed by atoms with Gasteiger partial charge in [-0.3, -0.25) is 9.59 Å². The maximum Gasteiger partial charge on any atom is 0.290 e. The smallest absolute Gasteiger partial charge is 0.290 e. The van der Waals surface area contributed by atoms with Crippen molar-refractivity contribution in [2.24, 2.45) is 0 Å². The van der Waals surface area contributed by atoms with Crippen LogP contribution in [0.25, 0.3) is 0 Å². The molecule has 2 aliphatic heterocycles. The van der Waals surface area contributed by atoms with Crippen molar-refractivity contribution in [3.63, 3.8) is 0 Å². The van der Waals surface area contributed by atoms with Gasteiger partial charge in [0.25, 0.3) is 5.91 Å². The molecule has 2 atom stereocenters. The number of methoxy groups -OCH3 is 1. The van der Waals surface area contributed by atoms with E-state index in [1.807, 2.05) is 0 Å². The molecule has 0 unspecified atom stereocenters. The Kier molecular flexibility index (Phi) is 4.67. The molecule has 7 nitrogen and oxygen atoms in total. The molecule has 0 radical (unpaired) electrons. The van der Waals surface area contributed by atoms with Crippen molar-refractivity contribution in [1.29, 1.82) is 0 Å². The first kappa shape index (κ1) is 17.3. The van der Waals surface area contributed by atoms with Gasteiger partial charge in [0.05, 0.1) is 24.8 Å². The van der Waals surface area contributed by atoms with Crippen LogP contribution in [0.3, 0.4) is 0 Å². The van der Waals surface area contributed by atoms with Crippen molar-refractivity contribution >= 4 is 11.7 Å². The summed E-state index contributed by atoms with van der Waals surface area (Å²) in [5.74, 6) is -1.30. The Hall–Kier alpha value is -2.54. The molecule has 134 valence electrons. The summed E-state index contributed by atoms with van der Waals surface area (Å²) in [6, 6.07) is 3.89. The molecular weight excluding hydrogens is 326 g/mol. The van der Waals surface area contributed by atoms with Gasteiger partial charge in [0.15, 0.2) is 23.0 Å². The zero-order valence-corrected chi connectivity index (χ0v) is 14.2. The van der Waals surface area contributed by atoms with Crippen LogP contribution in [0.5, 0.6) is 11.5 Å². The number of rotatable bonds is 5. The summed E-state index contributed by atoms with van der Waals surface area (Å²) in [5, 5.41) is 20.0. The number of hydrogen-bond donors (Lipinski definition) is 2. The molecule has 0 aliphatic carbocycles. The number of carbonyl (C=O) groups is 2. The molecular formula is C18H21NO6. The third-order valence-corrected chi connectivity index (χ3v) is 4.63. The number of aliphatic hydroxyl groups excluding tert-OH is 1. The first-order valence-corrected chi connectivity index (χ1v) is 8.17. The summed E-state index contributed by atoms with van der Waals surface area (Å²) >= 11 is 0. The molecule has 0 bridgehead atoms. The quantitative estimate of drug-likeness (QED) is 0.844. The van der Waals surface area contributed by atoms with Gasteiger partial charge in [0.1, 0.15) is 0 Å². The van der Waals surface area contributed by atoms with E-state index in [1.165, 1.54) is 25.0 Å². The van der Waals surface area contributed by atoms with Crippen molar-refractivity contribution in [3.05, 3.63) is 35.1 Å². The lowest BCUT2D eigenvalue weighted by Gasteiger charge is -2.29. The zero-order chi connectivity index (χ0) is 18.1. The lowest BCUT2D eigenvalue weighted by Crippen LogP contribution is -2.37. The van der Waals surface area contributed by atoms with Gasteiger partial charge in [0.2, 0.25) is 0 Å². The Labute approximate surface area is 145 Å². The normalized spacial score (nSPS) is 23.4. The number of carbonyl (C=O) groups excluding carboxylic acids is 2. The molecule has 7 heteroatoms. The maximum absolute atomic E-state index is 12.5. The zero-order valence-electron chi connectivity index (χ0n) is 14.2. The maximum atomic E-state index is 12.5. The van der Waals surface area contributed by atoms with Crippen molar-refractivity contribution in [2.45, 2.75) is 31.9 Å². The number of ketones is 1. The van der Waals surface area contributed by atoms with Crippen molar-refractivity contribution in [1.82, 2.24) is 4.90 Å². The average molecular weight is 347 g/mol. The fourth-order valence-corrected chi connectivity index (χ4v) is 3.42. The molecule has 0 saturated carbocycles. The van der Waals surface area contributed by atoms with Crippen LogP contribution in [-0.2, 0) is 14.3 Å². The Bertz CT molecular complexity index is 735. The third-order valence-electron chi connectivity index (χ3n) is 4.63. The number of nitrogens with zero attached hydrogens (tertiary/aromatic N) is 1. The highest BCUT2D eigenvalue weighted by Gasteiger charge is 2.43. The number of aromatic hydroxyl groups is 1. The molecule has 2 heterocycles. The largest absolute Gasteiger partial charge is 0.504 e. The highest BCUT2D eigenvalue weighted by Crippen LogP contribution is 2.40. The second-order valence-electron chi connectivity index (χ2n) is 6.24. The fraction of sp³-hybridized carbons (Fsp3) is 0.444. The van der Waals surface area contributed by atoms with Gasteiger partial charge in [-0.1, -0.05) is 6.07 Å². The van der Waals surface area contributed by atoms with Crippen LogP contribution in [0.15, 0.2) is 29.5 Å². The molecule has 3 rings (SSSR count). The SMILES string of the molecule is COc1cc([C@H]2C(C(C)=O)=C(O)C(=O)N2C[C@@H]2CCCO2)ccc1O. The van der Waals surface area contributed by atoms with Gasteiger partial charge in [0, 0.05) is 13.2 Å². The van der Waals surface area contributed by atoms with Gasteiger partial charge in [-0.2, -0.15) is 0 Å². The van der Waals surface area contributed by atoms with Crippen LogP contribution in [0, 0.1) is 0 Å². The van der Waals surface area contributed by atoms with E-state index in [0.717, 1.165) is 12.8 Å². The highest BCUT2D eigenvalue weighted by molar-refractivity contribution is 6.08. The second-order valence-corrected chi connectivity index (χ2v) is 6.24. The summed E-state index contributed by atoms with van der Waals surface area (Å²) in [4.78, 5) is 26.1. The van der Waals surface area contributed by atoms with E-state index in [9.17, 15) is 19.8 Å². The number of phenolic OH excluding ortho intramolecular Hbond substituents is 1. The Balaban J connectivity index is 2.02. The average Bonchev–Trinajstić information content (AvgIpc) is 3.17. The minimum absolute atomic E-state index is 0.0428. The summed E-state index contributed by atoms with van der Waals surface area (Å²) in [7, 11) is 1.42. The van der Waals surface area contributed by atoms with Crippen LogP contribution in [-0.4, -0.2) is 53.2 Å². The van der Waals surface area contributed by atoms with Gasteiger partial charge >= 0.3 is 0 Å². The topological polar surface area (TPSA) is 96.3 Å². The van der Waals surface area contributed by atoms with Crippen LogP contribution in [0.4, 0.5) is 0 Å². The standard InChI is InChI=1S/C18H21NO6/c1-10(20)15-16(11-5-6-13(21)14(8-11)24-2)19(18(23)17(15)22)9-12-4-3-7-25-12/h5-6,8,12,16,21-22H,3-4,7,9H2,1-2H3/t12-,16-/m0/s1. The van der Waals surface area contributed by atoms with E-state index in [1.54, 1.807) is 12.1 Å². The number of ether oxygens (including phenoxy) is 2. The van der Waals surface area contributed by atoms with E-state index in [2.05, 4.69) is 0 Å². The predicted octanol–water partition coefficient (Wildman–Crippen LogP) is 1.86. The summed E-state index contributed by atoms with van der Waals surface area (Å²) in [6.45, 7) is 2.25. The number of benzene rings is 1. The van der Waals surface area contributed by atoms with Gasteiger partial charge in [-0.25, -0.2) is 0 Å². The lowest BCUT2D eigenvalue weighted by molar-refractivity contribution is -0.131. The molecule has 25 heavy (non-hydrogen) atoms. The summed E-state index contributed by atoms with van der Waals surface area (Å²) in [6.07, 6.45) is 1.62. The van der Waals surface area contributed by atoms with Gasteiger partial charge in [-0.05, 0) is 37.5 Å². The third kappa shape index (κ3) is 3.07. The molecule has 0 spiro atoms. The summed E-state index contributed by atoms with van der Waals surface area (Å²) < 4.78 is 10.7. The Morgan fingerprint density at radius 2 is 2.16 bits per heavy atom. The van der Waals surface area contributed by atoms with Crippen LogP contribution >= 0.6 is 0 Å². The summed E-state index contributed by atoms with van der Waals surface area (Å²) in [5.41, 5.74) is 0.631. The number of Topliss-reactive ketones (excluding diaryl/α,β-unsaturated/α-hetero) is 1. The van der Waals surface area contributed by atoms with Gasteiger partial charge in [-0.15, -0.1) is 0 Å². The van der Waals surface area contributed by atoms with E-state index < -0.39 is 17.7 Å². The molecule has 1 amide bonds. The minimum atomic E-state index is -0.733. The van der Waals surface area contributed by atoms with E-state index >= 15 is 0 Å². The lowest BCUT2D eigenvalue weighted by atomic mass is 9.96. The second kappa shape index (κ2) is 6.76. The Morgan fingerprint density at radius 3 is 2.76 bits per heavy atom. The fourth-order valence-electron chi connectivity index (χ4n) is 3.42. The van der Waals surface area contributed by atoms with Crippen LogP contribution < -0.4 is 4.74 Å². The number of hydrogen-bond acceptors (Lipinski definition) is 6.